The van der Waals surface area contributed by atoms with Crippen LogP contribution < -0.4 is 4.72 Å². The average Bonchev–Trinajstić information content (AvgIpc) is 2.30. The summed E-state index contributed by atoms with van der Waals surface area (Å²) in [4.78, 5) is 0. The van der Waals surface area contributed by atoms with Gasteiger partial charge >= 0.3 is 17.4 Å². The molecule has 0 bridgehead atoms. The number of aliphatic hydroxyl groups is 1. The minimum atomic E-state index is -6.72. The van der Waals surface area contributed by atoms with Crippen LogP contribution in [0.15, 0.2) is 0 Å². The molecule has 0 atom stereocenters. The van der Waals surface area contributed by atoms with E-state index in [-0.39, 0.29) is 25.7 Å². The summed E-state index contributed by atoms with van der Waals surface area (Å²) in [5.41, 5.74) is 0. The number of hydrogen-bond donors (Lipinski definition) is 2. The Hall–Kier alpha value is -0.620. The SMILES string of the molecule is O=S(=O)(NC1CCC(O)CC1)C(F)(F)C(F)(F)C(F)(F)F. The molecule has 0 unspecified atom stereocenters. The van der Waals surface area contributed by atoms with Crippen LogP contribution in [0.25, 0.3) is 0 Å². The van der Waals surface area contributed by atoms with Gasteiger partial charge in [0.25, 0.3) is 10.0 Å². The summed E-state index contributed by atoms with van der Waals surface area (Å²) < 4.78 is 111. The molecular formula is C9H12F7NO3S. The number of nitrogens with one attached hydrogen (secondary N) is 1. The molecular weight excluding hydrogens is 335 g/mol. The zero-order valence-electron chi connectivity index (χ0n) is 10.3. The van der Waals surface area contributed by atoms with Crippen LogP contribution in [0.1, 0.15) is 25.7 Å². The summed E-state index contributed by atoms with van der Waals surface area (Å²) in [6.45, 7) is 0. The lowest BCUT2D eigenvalue weighted by atomic mass is 9.94. The fourth-order valence-corrected chi connectivity index (χ4v) is 3.10. The summed E-state index contributed by atoms with van der Waals surface area (Å²) in [6.07, 6.45) is -7.75. The van der Waals surface area contributed by atoms with E-state index in [0.29, 0.717) is 0 Å². The van der Waals surface area contributed by atoms with Gasteiger partial charge in [0.2, 0.25) is 0 Å². The van der Waals surface area contributed by atoms with Crippen LogP contribution in [-0.4, -0.2) is 43.0 Å². The monoisotopic (exact) mass is 347 g/mol. The molecule has 21 heavy (non-hydrogen) atoms. The summed E-state index contributed by atoms with van der Waals surface area (Å²) >= 11 is 0. The van der Waals surface area contributed by atoms with Crippen LogP contribution in [0.4, 0.5) is 30.7 Å². The Kier molecular flexibility index (Phi) is 4.86. The highest BCUT2D eigenvalue weighted by atomic mass is 32.2. The van der Waals surface area contributed by atoms with Crippen LogP contribution in [0.5, 0.6) is 0 Å². The molecule has 12 heteroatoms. The molecule has 0 aliphatic heterocycles. The second-order valence-corrected chi connectivity index (χ2v) is 6.47. The molecule has 0 spiro atoms. The molecule has 1 saturated carbocycles. The van der Waals surface area contributed by atoms with E-state index in [1.807, 2.05) is 0 Å². The highest BCUT2D eigenvalue weighted by Crippen LogP contribution is 2.48. The zero-order valence-corrected chi connectivity index (χ0v) is 11.1. The lowest BCUT2D eigenvalue weighted by molar-refractivity contribution is -0.332. The van der Waals surface area contributed by atoms with E-state index in [0.717, 1.165) is 0 Å². The molecule has 1 aliphatic carbocycles. The molecule has 1 rings (SSSR count). The van der Waals surface area contributed by atoms with Gasteiger partial charge < -0.3 is 5.11 Å². The zero-order chi connectivity index (χ0) is 16.7. The van der Waals surface area contributed by atoms with Crippen molar-refractivity contribution in [2.24, 2.45) is 0 Å². The number of sulfonamides is 1. The van der Waals surface area contributed by atoms with Crippen molar-refractivity contribution in [3.8, 4) is 0 Å². The van der Waals surface area contributed by atoms with Crippen LogP contribution in [0.3, 0.4) is 0 Å². The van der Waals surface area contributed by atoms with E-state index in [2.05, 4.69) is 0 Å². The van der Waals surface area contributed by atoms with Gasteiger partial charge in [-0.05, 0) is 25.7 Å². The van der Waals surface area contributed by atoms with E-state index in [1.54, 1.807) is 0 Å². The Bertz CT molecular complexity index is 468. The molecule has 0 heterocycles. The lowest BCUT2D eigenvalue weighted by Crippen LogP contribution is -2.60. The third-order valence-electron chi connectivity index (χ3n) is 3.08. The maximum absolute atomic E-state index is 13.1. The molecule has 1 fully saturated rings. The van der Waals surface area contributed by atoms with Crippen molar-refractivity contribution in [3.05, 3.63) is 0 Å². The Labute approximate surface area is 115 Å². The van der Waals surface area contributed by atoms with Gasteiger partial charge in [-0.15, -0.1) is 0 Å². The summed E-state index contributed by atoms with van der Waals surface area (Å²) in [5.74, 6) is -6.72. The Morgan fingerprint density at radius 2 is 1.33 bits per heavy atom. The second kappa shape index (κ2) is 5.54. The van der Waals surface area contributed by atoms with E-state index >= 15 is 0 Å². The molecule has 126 valence electrons. The van der Waals surface area contributed by atoms with Crippen molar-refractivity contribution < 1.29 is 44.3 Å². The molecule has 1 aliphatic rings. The average molecular weight is 347 g/mol. The standard InChI is InChI=1S/C9H12F7NO3S/c10-7(11,8(12,13)14)9(15,16)21(19,20)17-5-1-3-6(18)4-2-5/h5-6,17-18H,1-4H2. The minimum Gasteiger partial charge on any atom is -0.393 e. The molecule has 0 amide bonds. The Morgan fingerprint density at radius 3 is 1.71 bits per heavy atom. The number of aliphatic hydroxyl groups excluding tert-OH is 1. The highest BCUT2D eigenvalue weighted by molar-refractivity contribution is 7.90. The predicted octanol–water partition coefficient (Wildman–Crippen LogP) is 2.00. The third kappa shape index (κ3) is 3.42. The predicted molar refractivity (Wildman–Crippen MR) is 56.3 cm³/mol. The summed E-state index contributed by atoms with van der Waals surface area (Å²) in [6, 6.07) is -1.23. The third-order valence-corrected chi connectivity index (χ3v) is 4.65. The fourth-order valence-electron chi connectivity index (χ4n) is 1.82. The van der Waals surface area contributed by atoms with Crippen LogP contribution >= 0.6 is 0 Å². The molecule has 0 saturated heterocycles. The Morgan fingerprint density at radius 1 is 0.905 bits per heavy atom. The number of alkyl halides is 7. The van der Waals surface area contributed by atoms with Gasteiger partial charge in [0.05, 0.1) is 6.10 Å². The quantitative estimate of drug-likeness (QED) is 0.765. The Balaban J connectivity index is 2.95. The first-order chi connectivity index (χ1) is 9.22. The fraction of sp³-hybridized carbons (Fsp3) is 1.00. The van der Waals surface area contributed by atoms with Crippen molar-refractivity contribution in [3.63, 3.8) is 0 Å². The maximum Gasteiger partial charge on any atom is 0.461 e. The first-order valence-corrected chi connectivity index (χ1v) is 7.23. The van der Waals surface area contributed by atoms with Gasteiger partial charge in [0, 0.05) is 6.04 Å². The maximum atomic E-state index is 13.1. The van der Waals surface area contributed by atoms with Crippen molar-refractivity contribution in [2.75, 3.05) is 0 Å². The molecule has 2 N–H and O–H groups in total. The van der Waals surface area contributed by atoms with Crippen LogP contribution in [-0.2, 0) is 10.0 Å². The normalized spacial score (nSPS) is 25.9. The van der Waals surface area contributed by atoms with E-state index < -0.39 is 39.5 Å². The molecule has 0 aromatic rings. The lowest BCUT2D eigenvalue weighted by Gasteiger charge is -2.31. The van der Waals surface area contributed by atoms with E-state index in [9.17, 15) is 39.2 Å². The molecule has 0 aromatic carbocycles. The highest BCUT2D eigenvalue weighted by Gasteiger charge is 2.78. The summed E-state index contributed by atoms with van der Waals surface area (Å²) in [7, 11) is -6.25. The number of halogens is 7. The van der Waals surface area contributed by atoms with Crippen molar-refractivity contribution >= 4 is 10.0 Å². The summed E-state index contributed by atoms with van der Waals surface area (Å²) in [5, 5.41) is 2.79. The van der Waals surface area contributed by atoms with Crippen molar-refractivity contribution in [1.29, 1.82) is 0 Å². The van der Waals surface area contributed by atoms with E-state index in [1.165, 1.54) is 4.72 Å². The second-order valence-electron chi connectivity index (χ2n) is 4.72. The van der Waals surface area contributed by atoms with Crippen LogP contribution in [0.2, 0.25) is 0 Å². The first-order valence-electron chi connectivity index (χ1n) is 5.74. The molecule has 0 aromatic heterocycles. The largest absolute Gasteiger partial charge is 0.461 e. The smallest absolute Gasteiger partial charge is 0.393 e. The minimum absolute atomic E-state index is 0.0222. The molecule has 4 nitrogen and oxygen atoms in total. The first kappa shape index (κ1) is 18.4. The molecule has 0 radical (unpaired) electrons. The topological polar surface area (TPSA) is 66.4 Å². The van der Waals surface area contributed by atoms with Gasteiger partial charge in [-0.25, -0.2) is 13.1 Å². The van der Waals surface area contributed by atoms with Gasteiger partial charge in [-0.3, -0.25) is 0 Å². The number of hydrogen-bond acceptors (Lipinski definition) is 3. The van der Waals surface area contributed by atoms with Gasteiger partial charge in [0.1, 0.15) is 0 Å². The van der Waals surface area contributed by atoms with Crippen molar-refractivity contribution in [1.82, 2.24) is 4.72 Å². The number of rotatable bonds is 4. The van der Waals surface area contributed by atoms with Crippen molar-refractivity contribution in [2.45, 2.75) is 55.2 Å². The van der Waals surface area contributed by atoms with Crippen LogP contribution in [0, 0.1) is 0 Å². The van der Waals surface area contributed by atoms with Gasteiger partial charge in [-0.2, -0.15) is 30.7 Å². The van der Waals surface area contributed by atoms with Gasteiger partial charge in [0.15, 0.2) is 0 Å². The van der Waals surface area contributed by atoms with E-state index in [4.69, 9.17) is 5.11 Å². The van der Waals surface area contributed by atoms with Gasteiger partial charge in [-0.1, -0.05) is 0 Å².